The molecule has 1 aromatic carbocycles. The summed E-state index contributed by atoms with van der Waals surface area (Å²) >= 11 is 0. The van der Waals surface area contributed by atoms with Gasteiger partial charge >= 0.3 is 0 Å². The molecule has 1 heterocycles. The van der Waals surface area contributed by atoms with Crippen LogP contribution in [0.15, 0.2) is 29.3 Å². The van der Waals surface area contributed by atoms with E-state index in [2.05, 4.69) is 34.4 Å². The van der Waals surface area contributed by atoms with Crippen LogP contribution >= 0.6 is 24.0 Å². The molecule has 1 aliphatic heterocycles. The van der Waals surface area contributed by atoms with E-state index in [-0.39, 0.29) is 35.2 Å². The lowest BCUT2D eigenvalue weighted by Gasteiger charge is -2.33. The first-order valence-corrected chi connectivity index (χ1v) is 10.0. The van der Waals surface area contributed by atoms with E-state index in [0.29, 0.717) is 38.8 Å². The van der Waals surface area contributed by atoms with Crippen LogP contribution in [-0.4, -0.2) is 74.0 Å². The molecule has 1 aromatic rings. The molecule has 1 atom stereocenters. The van der Waals surface area contributed by atoms with E-state index in [4.69, 9.17) is 4.74 Å². The van der Waals surface area contributed by atoms with Gasteiger partial charge in [-0.3, -0.25) is 9.89 Å². The van der Waals surface area contributed by atoms with Gasteiger partial charge in [-0.05, 0) is 31.5 Å². The maximum absolute atomic E-state index is 13.6. The Bertz CT molecular complexity index is 649. The highest BCUT2D eigenvalue weighted by molar-refractivity contribution is 14.0. The quantitative estimate of drug-likeness (QED) is 0.278. The number of hydrogen-bond acceptors (Lipinski definition) is 4. The van der Waals surface area contributed by atoms with Crippen molar-refractivity contribution in [1.82, 2.24) is 15.5 Å². The maximum atomic E-state index is 13.6. The topological polar surface area (TPSA) is 69.1 Å². The molecule has 29 heavy (non-hydrogen) atoms. The highest BCUT2D eigenvalue weighted by Gasteiger charge is 2.26. The van der Waals surface area contributed by atoms with Crippen LogP contribution in [0.4, 0.5) is 4.39 Å². The van der Waals surface area contributed by atoms with Crippen molar-refractivity contribution in [1.29, 1.82) is 0 Å². The van der Waals surface area contributed by atoms with E-state index in [1.165, 1.54) is 6.07 Å². The van der Waals surface area contributed by atoms with Crippen LogP contribution in [0.2, 0.25) is 0 Å². The number of aliphatic hydroxyl groups is 1. The average molecular weight is 522 g/mol. The zero-order valence-corrected chi connectivity index (χ0v) is 20.3. The summed E-state index contributed by atoms with van der Waals surface area (Å²) in [5.74, 6) is 0.416. The first-order chi connectivity index (χ1) is 13.2. The molecule has 0 amide bonds. The van der Waals surface area contributed by atoms with Crippen LogP contribution in [0.1, 0.15) is 33.3 Å². The average Bonchev–Trinajstić information content (AvgIpc) is 2.64. The van der Waals surface area contributed by atoms with Crippen LogP contribution in [-0.2, 0) is 10.2 Å². The number of morpholine rings is 1. The van der Waals surface area contributed by atoms with Gasteiger partial charge in [-0.1, -0.05) is 26.0 Å². The summed E-state index contributed by atoms with van der Waals surface area (Å²) in [4.78, 5) is 6.78. The van der Waals surface area contributed by atoms with Crippen molar-refractivity contribution in [2.24, 2.45) is 4.99 Å². The molecule has 166 valence electrons. The van der Waals surface area contributed by atoms with Gasteiger partial charge in [0.1, 0.15) is 5.82 Å². The fraction of sp³-hybridized carbons (Fsp3) is 0.667. The minimum Gasteiger partial charge on any atom is -0.387 e. The zero-order valence-electron chi connectivity index (χ0n) is 18.0. The fourth-order valence-corrected chi connectivity index (χ4v) is 3.20. The molecule has 1 unspecified atom stereocenters. The Morgan fingerprint density at radius 3 is 2.55 bits per heavy atom. The molecule has 2 rings (SSSR count). The van der Waals surface area contributed by atoms with Crippen LogP contribution in [0.25, 0.3) is 0 Å². The minimum absolute atomic E-state index is 0. The molecular formula is C21H36FIN4O2. The minimum atomic E-state index is -0.919. The maximum Gasteiger partial charge on any atom is 0.191 e. The molecule has 0 radical (unpaired) electrons. The van der Waals surface area contributed by atoms with E-state index >= 15 is 0 Å². The lowest BCUT2D eigenvalue weighted by atomic mass is 9.84. The molecule has 1 saturated heterocycles. The van der Waals surface area contributed by atoms with Gasteiger partial charge in [-0.15, -0.1) is 24.0 Å². The molecular weight excluding hydrogens is 486 g/mol. The Morgan fingerprint density at radius 2 is 1.93 bits per heavy atom. The largest absolute Gasteiger partial charge is 0.387 e. The van der Waals surface area contributed by atoms with Crippen molar-refractivity contribution in [3.05, 3.63) is 35.6 Å². The fourth-order valence-electron chi connectivity index (χ4n) is 3.20. The lowest BCUT2D eigenvalue weighted by Crippen LogP contribution is -2.48. The third kappa shape index (κ3) is 9.15. The van der Waals surface area contributed by atoms with Gasteiger partial charge in [-0.25, -0.2) is 4.39 Å². The third-order valence-electron chi connectivity index (χ3n) is 4.89. The number of benzene rings is 1. The molecule has 0 bridgehead atoms. The highest BCUT2D eigenvalue weighted by atomic mass is 127. The standard InChI is InChI=1S/C21H35FN4O2.HI/c1-5-23-19(24-14-20(2,3)17-7-6-8-18(22)13-17)25-15-21(4,27)16-26-9-11-28-12-10-26;/h6-8,13,27H,5,9-12,14-16H2,1-4H3,(H2,23,24,25);1H. The second-order valence-corrected chi connectivity index (χ2v) is 8.33. The summed E-state index contributed by atoms with van der Waals surface area (Å²) in [6.07, 6.45) is 0. The van der Waals surface area contributed by atoms with Crippen molar-refractivity contribution < 1.29 is 14.2 Å². The van der Waals surface area contributed by atoms with Crippen LogP contribution in [0.5, 0.6) is 0 Å². The van der Waals surface area contributed by atoms with Gasteiger partial charge in [0.25, 0.3) is 0 Å². The summed E-state index contributed by atoms with van der Waals surface area (Å²) in [7, 11) is 0. The number of guanidine groups is 1. The first-order valence-electron chi connectivity index (χ1n) is 10.0. The van der Waals surface area contributed by atoms with Crippen molar-refractivity contribution in [2.45, 2.75) is 38.7 Å². The number of aliphatic imine (C=N–C) groups is 1. The van der Waals surface area contributed by atoms with E-state index in [0.717, 1.165) is 25.2 Å². The summed E-state index contributed by atoms with van der Waals surface area (Å²) in [5, 5.41) is 17.3. The SMILES string of the molecule is CCNC(=NCC(C)(O)CN1CCOCC1)NCC(C)(C)c1cccc(F)c1.I. The predicted octanol–water partition coefficient (Wildman–Crippen LogP) is 2.36. The summed E-state index contributed by atoms with van der Waals surface area (Å²) in [5.41, 5.74) is -0.262. The zero-order chi connectivity index (χ0) is 20.6. The highest BCUT2D eigenvalue weighted by Crippen LogP contribution is 2.22. The molecule has 3 N–H and O–H groups in total. The normalized spacial score (nSPS) is 17.9. The van der Waals surface area contributed by atoms with Crippen LogP contribution in [0.3, 0.4) is 0 Å². The summed E-state index contributed by atoms with van der Waals surface area (Å²) in [6, 6.07) is 6.68. The molecule has 1 fully saturated rings. The number of nitrogens with zero attached hydrogens (tertiary/aromatic N) is 2. The van der Waals surface area contributed by atoms with E-state index in [1.807, 2.05) is 19.9 Å². The summed E-state index contributed by atoms with van der Waals surface area (Å²) < 4.78 is 18.9. The monoisotopic (exact) mass is 522 g/mol. The number of nitrogens with one attached hydrogen (secondary N) is 2. The second kappa shape index (κ2) is 12.0. The number of halogens is 2. The molecule has 8 heteroatoms. The first kappa shape index (κ1) is 26.1. The van der Waals surface area contributed by atoms with E-state index in [1.54, 1.807) is 12.1 Å². The number of ether oxygens (including phenoxy) is 1. The van der Waals surface area contributed by atoms with Gasteiger partial charge in [0.2, 0.25) is 0 Å². The Balaban J connectivity index is 0.00000420. The Kier molecular flexibility index (Phi) is 10.8. The molecule has 6 nitrogen and oxygen atoms in total. The van der Waals surface area contributed by atoms with E-state index in [9.17, 15) is 9.50 Å². The number of β-amino-alcohol motifs (C(OH)–C–C–N with tert-alkyl or cyclic N) is 1. The van der Waals surface area contributed by atoms with Crippen LogP contribution in [0, 0.1) is 5.82 Å². The molecule has 0 aromatic heterocycles. The van der Waals surface area contributed by atoms with Gasteiger partial charge in [0.05, 0.1) is 25.4 Å². The number of hydrogen-bond donors (Lipinski definition) is 3. The molecule has 1 aliphatic rings. The van der Waals surface area contributed by atoms with Gasteiger partial charge in [0.15, 0.2) is 5.96 Å². The summed E-state index contributed by atoms with van der Waals surface area (Å²) in [6.45, 7) is 13.2. The van der Waals surface area contributed by atoms with Crippen LogP contribution < -0.4 is 10.6 Å². The molecule has 0 spiro atoms. The Hall–Kier alpha value is -0.970. The molecule has 0 saturated carbocycles. The lowest BCUT2D eigenvalue weighted by molar-refractivity contribution is -0.0180. The second-order valence-electron chi connectivity index (χ2n) is 8.33. The van der Waals surface area contributed by atoms with Gasteiger partial charge < -0.3 is 20.5 Å². The molecule has 0 aliphatic carbocycles. The number of rotatable bonds is 8. The third-order valence-corrected chi connectivity index (χ3v) is 4.89. The van der Waals surface area contributed by atoms with Gasteiger partial charge in [0, 0.05) is 38.1 Å². The van der Waals surface area contributed by atoms with Crippen molar-refractivity contribution in [3.63, 3.8) is 0 Å². The van der Waals surface area contributed by atoms with Crippen molar-refractivity contribution >= 4 is 29.9 Å². The Labute approximate surface area is 191 Å². The van der Waals surface area contributed by atoms with Crippen molar-refractivity contribution in [3.8, 4) is 0 Å². The Morgan fingerprint density at radius 1 is 1.24 bits per heavy atom. The van der Waals surface area contributed by atoms with E-state index < -0.39 is 5.60 Å². The smallest absolute Gasteiger partial charge is 0.191 e. The van der Waals surface area contributed by atoms with Gasteiger partial charge in [-0.2, -0.15) is 0 Å². The van der Waals surface area contributed by atoms with Crippen molar-refractivity contribution in [2.75, 3.05) is 52.5 Å². The predicted molar refractivity (Wildman–Crippen MR) is 127 cm³/mol.